The van der Waals surface area contributed by atoms with Crippen molar-refractivity contribution in [2.45, 2.75) is 6.54 Å². The maximum absolute atomic E-state index is 9.91. The number of halogens is 2. The van der Waals surface area contributed by atoms with Gasteiger partial charge in [0.2, 0.25) is 0 Å². The molecule has 3 rings (SSSR count). The fourth-order valence-corrected chi connectivity index (χ4v) is 2.91. The van der Waals surface area contributed by atoms with E-state index in [1.165, 1.54) is 0 Å². The molecule has 0 amide bonds. The summed E-state index contributed by atoms with van der Waals surface area (Å²) in [6.07, 6.45) is 0. The van der Waals surface area contributed by atoms with Crippen molar-refractivity contribution in [3.63, 3.8) is 0 Å². The van der Waals surface area contributed by atoms with E-state index in [1.54, 1.807) is 6.07 Å². The van der Waals surface area contributed by atoms with E-state index in [-0.39, 0.29) is 5.75 Å². The number of hydrogen-bond donors (Lipinski definition) is 2. The van der Waals surface area contributed by atoms with Crippen LogP contribution in [-0.2, 0) is 6.54 Å². The first kappa shape index (κ1) is 14.2. The number of anilines is 1. The Morgan fingerprint density at radius 2 is 1.76 bits per heavy atom. The summed E-state index contributed by atoms with van der Waals surface area (Å²) in [4.78, 5) is 0. The average molecular weight is 363 g/mol. The van der Waals surface area contributed by atoms with Gasteiger partial charge in [0.15, 0.2) is 0 Å². The van der Waals surface area contributed by atoms with E-state index in [1.807, 2.05) is 48.5 Å². The molecule has 0 unspecified atom stereocenters. The second-order valence-corrected chi connectivity index (χ2v) is 6.09. The molecule has 0 aliphatic carbocycles. The lowest BCUT2D eigenvalue weighted by molar-refractivity contribution is 0.481. The molecule has 21 heavy (non-hydrogen) atoms. The standard InChI is InChI=1S/C17H13BrClNO/c18-12-7-8-15(19)11(9-12)10-20-16-5-1-4-14-13(16)3-2-6-17(14)21/h1-9,20-21H,10H2. The molecule has 0 aromatic heterocycles. The number of phenolic OH excluding ortho intramolecular Hbond substituents is 1. The Balaban J connectivity index is 1.92. The number of hydrogen-bond acceptors (Lipinski definition) is 2. The van der Waals surface area contributed by atoms with Gasteiger partial charge in [0.1, 0.15) is 5.75 Å². The molecule has 0 aliphatic heterocycles. The van der Waals surface area contributed by atoms with Crippen LogP contribution < -0.4 is 5.32 Å². The highest BCUT2D eigenvalue weighted by Crippen LogP contribution is 2.30. The summed E-state index contributed by atoms with van der Waals surface area (Å²) in [6.45, 7) is 0.618. The van der Waals surface area contributed by atoms with Gasteiger partial charge in [0, 0.05) is 32.5 Å². The molecule has 0 heterocycles. The first-order valence-corrected chi connectivity index (χ1v) is 7.71. The SMILES string of the molecule is Oc1cccc2c(NCc3cc(Br)ccc3Cl)cccc12. The van der Waals surface area contributed by atoms with Gasteiger partial charge in [0.05, 0.1) is 0 Å². The normalized spacial score (nSPS) is 10.8. The van der Waals surface area contributed by atoms with Gasteiger partial charge in [-0.05, 0) is 35.9 Å². The molecule has 0 fully saturated rings. The number of rotatable bonds is 3. The summed E-state index contributed by atoms with van der Waals surface area (Å²) in [7, 11) is 0. The third-order valence-electron chi connectivity index (χ3n) is 3.38. The second-order valence-electron chi connectivity index (χ2n) is 4.77. The number of benzene rings is 3. The first-order chi connectivity index (χ1) is 10.1. The zero-order valence-electron chi connectivity index (χ0n) is 11.1. The summed E-state index contributed by atoms with van der Waals surface area (Å²) in [6, 6.07) is 17.1. The van der Waals surface area contributed by atoms with Crippen molar-refractivity contribution < 1.29 is 5.11 Å². The van der Waals surface area contributed by atoms with Gasteiger partial charge in [0.25, 0.3) is 0 Å². The van der Waals surface area contributed by atoms with Crippen molar-refractivity contribution in [3.8, 4) is 5.75 Å². The van der Waals surface area contributed by atoms with Crippen molar-refractivity contribution in [2.75, 3.05) is 5.32 Å². The molecule has 0 saturated carbocycles. The van der Waals surface area contributed by atoms with Gasteiger partial charge in [-0.15, -0.1) is 0 Å². The average Bonchev–Trinajstić information content (AvgIpc) is 2.49. The van der Waals surface area contributed by atoms with E-state index in [4.69, 9.17) is 11.6 Å². The van der Waals surface area contributed by atoms with Crippen LogP contribution in [0.15, 0.2) is 59.1 Å². The van der Waals surface area contributed by atoms with Gasteiger partial charge >= 0.3 is 0 Å². The highest BCUT2D eigenvalue weighted by atomic mass is 79.9. The largest absolute Gasteiger partial charge is 0.507 e. The Labute approximate surface area is 136 Å². The number of nitrogens with one attached hydrogen (secondary N) is 1. The fourth-order valence-electron chi connectivity index (χ4n) is 2.32. The predicted molar refractivity (Wildman–Crippen MR) is 92.1 cm³/mol. The maximum atomic E-state index is 9.91. The van der Waals surface area contributed by atoms with Gasteiger partial charge in [-0.3, -0.25) is 0 Å². The van der Waals surface area contributed by atoms with Crippen LogP contribution >= 0.6 is 27.5 Å². The lowest BCUT2D eigenvalue weighted by Gasteiger charge is -2.12. The molecule has 3 aromatic carbocycles. The topological polar surface area (TPSA) is 32.3 Å². The van der Waals surface area contributed by atoms with Crippen molar-refractivity contribution in [3.05, 3.63) is 69.7 Å². The monoisotopic (exact) mass is 361 g/mol. The molecule has 106 valence electrons. The Morgan fingerprint density at radius 1 is 1.00 bits per heavy atom. The summed E-state index contributed by atoms with van der Waals surface area (Å²) in [5.74, 6) is 0.289. The highest BCUT2D eigenvalue weighted by Gasteiger charge is 2.05. The summed E-state index contributed by atoms with van der Waals surface area (Å²) < 4.78 is 0.999. The number of fused-ring (bicyclic) bond motifs is 1. The Morgan fingerprint density at radius 3 is 2.62 bits per heavy atom. The third kappa shape index (κ3) is 2.99. The quantitative estimate of drug-likeness (QED) is 0.638. The van der Waals surface area contributed by atoms with Crippen molar-refractivity contribution >= 4 is 44.0 Å². The van der Waals surface area contributed by atoms with Gasteiger partial charge in [-0.2, -0.15) is 0 Å². The first-order valence-electron chi connectivity index (χ1n) is 6.53. The van der Waals surface area contributed by atoms with E-state index in [2.05, 4.69) is 21.2 Å². The molecule has 0 saturated heterocycles. The molecule has 4 heteroatoms. The summed E-state index contributed by atoms with van der Waals surface area (Å²) in [5.41, 5.74) is 1.99. The van der Waals surface area contributed by atoms with E-state index >= 15 is 0 Å². The van der Waals surface area contributed by atoms with E-state index in [9.17, 15) is 5.11 Å². The van der Waals surface area contributed by atoms with Crippen LogP contribution in [0.1, 0.15) is 5.56 Å². The van der Waals surface area contributed by atoms with Gasteiger partial charge in [-0.25, -0.2) is 0 Å². The van der Waals surface area contributed by atoms with Crippen LogP contribution in [0, 0.1) is 0 Å². The number of aromatic hydroxyl groups is 1. The molecule has 2 N–H and O–H groups in total. The van der Waals surface area contributed by atoms with Crippen LogP contribution in [0.3, 0.4) is 0 Å². The van der Waals surface area contributed by atoms with Crippen LogP contribution in [0.25, 0.3) is 10.8 Å². The Bertz CT molecular complexity index is 804. The molecule has 3 aromatic rings. The lowest BCUT2D eigenvalue weighted by Crippen LogP contribution is -2.00. The molecule has 2 nitrogen and oxygen atoms in total. The van der Waals surface area contributed by atoms with Crippen molar-refractivity contribution in [1.82, 2.24) is 0 Å². The Hall–Kier alpha value is -1.71. The smallest absolute Gasteiger partial charge is 0.123 e. The van der Waals surface area contributed by atoms with Crippen LogP contribution in [0.2, 0.25) is 5.02 Å². The zero-order chi connectivity index (χ0) is 14.8. The van der Waals surface area contributed by atoms with Gasteiger partial charge in [-0.1, -0.05) is 51.8 Å². The van der Waals surface area contributed by atoms with Crippen LogP contribution in [-0.4, -0.2) is 5.11 Å². The zero-order valence-corrected chi connectivity index (χ0v) is 13.4. The minimum Gasteiger partial charge on any atom is -0.507 e. The molecule has 0 aliphatic rings. The Kier molecular flexibility index (Phi) is 4.04. The van der Waals surface area contributed by atoms with E-state index in [0.29, 0.717) is 6.54 Å². The third-order valence-corrected chi connectivity index (χ3v) is 4.24. The van der Waals surface area contributed by atoms with Gasteiger partial charge < -0.3 is 10.4 Å². The minimum atomic E-state index is 0.289. The molecular weight excluding hydrogens is 350 g/mol. The second kappa shape index (κ2) is 5.96. The van der Waals surface area contributed by atoms with Crippen molar-refractivity contribution in [1.29, 1.82) is 0 Å². The molecule has 0 radical (unpaired) electrons. The predicted octanol–water partition coefficient (Wildman–Crippen LogP) is 5.57. The summed E-state index contributed by atoms with van der Waals surface area (Å²) in [5, 5.41) is 15.8. The maximum Gasteiger partial charge on any atom is 0.123 e. The van der Waals surface area contributed by atoms with Crippen molar-refractivity contribution in [2.24, 2.45) is 0 Å². The van der Waals surface area contributed by atoms with Crippen LogP contribution in [0.5, 0.6) is 5.75 Å². The highest BCUT2D eigenvalue weighted by molar-refractivity contribution is 9.10. The number of phenols is 1. The van der Waals surface area contributed by atoms with E-state index in [0.717, 1.165) is 31.5 Å². The fraction of sp³-hybridized carbons (Fsp3) is 0.0588. The summed E-state index contributed by atoms with van der Waals surface area (Å²) >= 11 is 9.66. The minimum absolute atomic E-state index is 0.289. The molecule has 0 bridgehead atoms. The van der Waals surface area contributed by atoms with Crippen LogP contribution in [0.4, 0.5) is 5.69 Å². The molecule has 0 atom stereocenters. The van der Waals surface area contributed by atoms with E-state index < -0.39 is 0 Å². The molecular formula is C17H13BrClNO. The molecule has 0 spiro atoms. The lowest BCUT2D eigenvalue weighted by atomic mass is 10.1.